The third kappa shape index (κ3) is 6.54. The second-order valence-electron chi connectivity index (χ2n) is 2.89. The molecule has 0 atom stereocenters. The monoisotopic (exact) mass is 189 g/mol. The molecule has 1 aliphatic rings. The van der Waals surface area contributed by atoms with E-state index in [1.165, 1.54) is 12.8 Å². The van der Waals surface area contributed by atoms with Crippen molar-refractivity contribution in [1.29, 1.82) is 0 Å². The average molecular weight is 189 g/mol. The molecule has 1 amide bonds. The lowest BCUT2D eigenvalue weighted by atomic mass is 10.4. The molecule has 0 aromatic carbocycles. The van der Waals surface area contributed by atoms with E-state index in [2.05, 4.69) is 9.47 Å². The van der Waals surface area contributed by atoms with E-state index in [0.717, 1.165) is 19.5 Å². The van der Waals surface area contributed by atoms with E-state index in [-0.39, 0.29) is 6.29 Å². The first-order valence-corrected chi connectivity index (χ1v) is 4.49. The van der Waals surface area contributed by atoms with Crippen molar-refractivity contribution in [2.75, 3.05) is 27.3 Å². The van der Waals surface area contributed by atoms with Gasteiger partial charge in [0, 0.05) is 27.3 Å². The van der Waals surface area contributed by atoms with E-state index in [0.29, 0.717) is 0 Å². The lowest BCUT2D eigenvalue weighted by molar-refractivity contribution is -0.117. The van der Waals surface area contributed by atoms with Gasteiger partial charge in [-0.15, -0.1) is 0 Å². The largest absolute Gasteiger partial charge is 0.356 e. The van der Waals surface area contributed by atoms with Crippen molar-refractivity contribution in [3.8, 4) is 0 Å². The zero-order chi connectivity index (χ0) is 10.1. The number of rotatable bonds is 3. The topological polar surface area (TPSA) is 38.8 Å². The van der Waals surface area contributed by atoms with Crippen LogP contribution < -0.4 is 0 Å². The van der Waals surface area contributed by atoms with Crippen molar-refractivity contribution < 1.29 is 14.3 Å². The molecule has 0 aliphatic carbocycles. The first-order chi connectivity index (χ1) is 6.24. The number of carbonyl (C=O) groups excluding carboxylic acids is 1. The molecule has 0 spiro atoms. The number of amides is 1. The number of nitrogens with zero attached hydrogens (tertiary/aromatic N) is 1. The molecule has 0 aromatic heterocycles. The minimum absolute atomic E-state index is 0.0648. The van der Waals surface area contributed by atoms with Gasteiger partial charge in [0.1, 0.15) is 0 Å². The van der Waals surface area contributed by atoms with Crippen LogP contribution in [0, 0.1) is 0 Å². The molecule has 13 heavy (non-hydrogen) atoms. The van der Waals surface area contributed by atoms with Crippen LogP contribution in [0.5, 0.6) is 0 Å². The predicted octanol–water partition coefficient (Wildman–Crippen LogP) is 0.864. The summed E-state index contributed by atoms with van der Waals surface area (Å²) < 4.78 is 9.35. The van der Waals surface area contributed by atoms with Gasteiger partial charge in [0.15, 0.2) is 6.29 Å². The van der Waals surface area contributed by atoms with Crippen LogP contribution in [0.2, 0.25) is 0 Å². The molecule has 0 saturated carbocycles. The van der Waals surface area contributed by atoms with Crippen LogP contribution in [0.15, 0.2) is 0 Å². The van der Waals surface area contributed by atoms with Crippen molar-refractivity contribution in [2.24, 2.45) is 0 Å². The number of ether oxygens (including phenoxy) is 2. The summed E-state index contributed by atoms with van der Waals surface area (Å²) in [5.41, 5.74) is 0. The lowest BCUT2D eigenvalue weighted by Gasteiger charge is -2.03. The predicted molar refractivity (Wildman–Crippen MR) is 50.4 cm³/mol. The van der Waals surface area contributed by atoms with Crippen LogP contribution in [-0.4, -0.2) is 44.9 Å². The van der Waals surface area contributed by atoms with Crippen LogP contribution in [-0.2, 0) is 14.3 Å². The van der Waals surface area contributed by atoms with Gasteiger partial charge in [-0.25, -0.2) is 0 Å². The molecule has 0 N–H and O–H groups in total. The summed E-state index contributed by atoms with van der Waals surface area (Å²) in [5, 5.41) is 0. The highest BCUT2D eigenvalue weighted by molar-refractivity contribution is 5.47. The van der Waals surface area contributed by atoms with E-state index < -0.39 is 0 Å². The van der Waals surface area contributed by atoms with Gasteiger partial charge in [-0.05, 0) is 19.8 Å². The molecule has 78 valence electrons. The highest BCUT2D eigenvalue weighted by Crippen LogP contribution is 2.02. The second-order valence-corrected chi connectivity index (χ2v) is 2.89. The maximum atomic E-state index is 9.93. The average Bonchev–Trinajstić information content (AvgIpc) is 2.70. The van der Waals surface area contributed by atoms with Crippen LogP contribution in [0.3, 0.4) is 0 Å². The minimum atomic E-state index is -0.0648. The van der Waals surface area contributed by atoms with E-state index >= 15 is 0 Å². The van der Waals surface area contributed by atoms with Gasteiger partial charge in [0.25, 0.3) is 0 Å². The van der Waals surface area contributed by atoms with Gasteiger partial charge in [0.05, 0.1) is 0 Å². The normalized spacial score (nSPS) is 15.5. The Bertz CT molecular complexity index is 120. The fraction of sp³-hybridized carbons (Fsp3) is 0.889. The molecule has 0 radical (unpaired) electrons. The van der Waals surface area contributed by atoms with E-state index in [1.807, 2.05) is 6.92 Å². The number of hydrogen-bond acceptors (Lipinski definition) is 3. The fourth-order valence-corrected chi connectivity index (χ4v) is 0.943. The van der Waals surface area contributed by atoms with E-state index in [1.54, 1.807) is 19.1 Å². The molecule has 1 saturated heterocycles. The molecule has 0 unspecified atom stereocenters. The lowest BCUT2D eigenvalue weighted by Crippen LogP contribution is -2.15. The molecule has 1 aliphatic heterocycles. The third-order valence-electron chi connectivity index (χ3n) is 1.95. The van der Waals surface area contributed by atoms with Gasteiger partial charge < -0.3 is 14.4 Å². The standard InChI is InChI=1S/C5H9NO.C4H10O2/c7-5-6-3-1-2-4-6;1-4(5-2)6-3/h5H,1-4H2;4H,1-3H3. The Morgan fingerprint density at radius 2 is 1.69 bits per heavy atom. The van der Waals surface area contributed by atoms with Crippen LogP contribution in [0.25, 0.3) is 0 Å². The van der Waals surface area contributed by atoms with Crippen LogP contribution in [0.4, 0.5) is 0 Å². The molecule has 0 bridgehead atoms. The number of carbonyl (C=O) groups is 1. The molecule has 1 fully saturated rings. The summed E-state index contributed by atoms with van der Waals surface area (Å²) in [4.78, 5) is 11.7. The summed E-state index contributed by atoms with van der Waals surface area (Å²) in [6.45, 7) is 3.78. The first-order valence-electron chi connectivity index (χ1n) is 4.49. The molecular weight excluding hydrogens is 170 g/mol. The molecule has 4 nitrogen and oxygen atoms in total. The Kier molecular flexibility index (Phi) is 7.63. The van der Waals surface area contributed by atoms with Crippen LogP contribution >= 0.6 is 0 Å². The van der Waals surface area contributed by atoms with Crippen LogP contribution in [0.1, 0.15) is 19.8 Å². The summed E-state index contributed by atoms with van der Waals surface area (Å²) >= 11 is 0. The van der Waals surface area contributed by atoms with Crippen molar-refractivity contribution in [3.05, 3.63) is 0 Å². The molecule has 4 heteroatoms. The van der Waals surface area contributed by atoms with Gasteiger partial charge >= 0.3 is 0 Å². The first kappa shape index (κ1) is 12.4. The van der Waals surface area contributed by atoms with Gasteiger partial charge in [-0.2, -0.15) is 0 Å². The highest BCUT2D eigenvalue weighted by Gasteiger charge is 2.06. The summed E-state index contributed by atoms with van der Waals surface area (Å²) in [6.07, 6.45) is 3.25. The smallest absolute Gasteiger partial charge is 0.209 e. The molecule has 0 aromatic rings. The van der Waals surface area contributed by atoms with Crippen molar-refractivity contribution in [1.82, 2.24) is 4.90 Å². The maximum Gasteiger partial charge on any atom is 0.209 e. The second kappa shape index (κ2) is 8.01. The third-order valence-corrected chi connectivity index (χ3v) is 1.95. The number of likely N-dealkylation sites (tertiary alicyclic amines) is 1. The van der Waals surface area contributed by atoms with Crippen molar-refractivity contribution >= 4 is 6.41 Å². The Hall–Kier alpha value is -0.610. The summed E-state index contributed by atoms with van der Waals surface area (Å²) in [7, 11) is 3.21. The Morgan fingerprint density at radius 1 is 1.23 bits per heavy atom. The van der Waals surface area contributed by atoms with Crippen molar-refractivity contribution in [2.45, 2.75) is 26.1 Å². The van der Waals surface area contributed by atoms with Gasteiger partial charge in [0.2, 0.25) is 6.41 Å². The minimum Gasteiger partial charge on any atom is -0.356 e. The molecule has 1 rings (SSSR count). The molecular formula is C9H19NO3. The number of methoxy groups -OCH3 is 2. The van der Waals surface area contributed by atoms with E-state index in [9.17, 15) is 4.79 Å². The summed E-state index contributed by atoms with van der Waals surface area (Å²) in [5.74, 6) is 0. The zero-order valence-electron chi connectivity index (χ0n) is 8.66. The Labute approximate surface area is 79.8 Å². The molecule has 1 heterocycles. The quantitative estimate of drug-likeness (QED) is 0.488. The Balaban J connectivity index is 0.000000226. The Morgan fingerprint density at radius 3 is 1.85 bits per heavy atom. The van der Waals surface area contributed by atoms with Gasteiger partial charge in [-0.1, -0.05) is 0 Å². The van der Waals surface area contributed by atoms with E-state index in [4.69, 9.17) is 0 Å². The highest BCUT2D eigenvalue weighted by atomic mass is 16.7. The van der Waals surface area contributed by atoms with Crippen molar-refractivity contribution in [3.63, 3.8) is 0 Å². The number of hydrogen-bond donors (Lipinski definition) is 0. The maximum absolute atomic E-state index is 9.93. The fourth-order valence-electron chi connectivity index (χ4n) is 0.943. The summed E-state index contributed by atoms with van der Waals surface area (Å²) in [6, 6.07) is 0. The zero-order valence-corrected chi connectivity index (χ0v) is 8.66. The van der Waals surface area contributed by atoms with Gasteiger partial charge in [-0.3, -0.25) is 4.79 Å². The SMILES string of the molecule is COC(C)OC.O=CN1CCCC1.